The van der Waals surface area contributed by atoms with Gasteiger partial charge in [0.15, 0.2) is 0 Å². The van der Waals surface area contributed by atoms with Gasteiger partial charge in [0, 0.05) is 30.6 Å². The molecular weight excluding hydrogens is 164 g/mol. The summed E-state index contributed by atoms with van der Waals surface area (Å²) in [4.78, 5) is 2.36. The van der Waals surface area contributed by atoms with Crippen LogP contribution in [0.5, 0.6) is 0 Å². The van der Waals surface area contributed by atoms with Gasteiger partial charge in [-0.1, -0.05) is 0 Å². The van der Waals surface area contributed by atoms with Crippen molar-refractivity contribution < 1.29 is 0 Å². The molecule has 0 aromatic rings. The van der Waals surface area contributed by atoms with Crippen LogP contribution in [0.15, 0.2) is 0 Å². The predicted octanol–water partition coefficient (Wildman–Crippen LogP) is 0.0242. The number of nitrogens with zero attached hydrogens (tertiary/aromatic N) is 1. The Hall–Kier alpha value is 0.360. The molecule has 0 bridgehead atoms. The van der Waals surface area contributed by atoms with Gasteiger partial charge in [0.2, 0.25) is 0 Å². The third kappa shape index (κ3) is 1.21. The smallest absolute Gasteiger partial charge is 0.112 e. The molecule has 57 valence electrons. The summed E-state index contributed by atoms with van der Waals surface area (Å²) in [5, 5.41) is 5.32. The molecule has 1 N–H and O–H groups in total. The lowest BCUT2D eigenvalue weighted by Crippen LogP contribution is -2.53. The second-order valence-electron chi connectivity index (χ2n) is 2.64. The van der Waals surface area contributed by atoms with Crippen LogP contribution in [0.4, 0.5) is 0 Å². The average Bonchev–Trinajstić information content (AvgIpc) is 2.31. The standard InChI is InChI=1S/C6H11N2S2/c9-5-3-8(4-5)6-7-1-2-10-6/h5,7,9H,1-4H2. The van der Waals surface area contributed by atoms with Crippen molar-refractivity contribution in [2.24, 2.45) is 0 Å². The molecule has 0 amide bonds. The lowest BCUT2D eigenvalue weighted by molar-refractivity contribution is 0.310. The van der Waals surface area contributed by atoms with Gasteiger partial charge in [0.05, 0.1) is 0 Å². The maximum atomic E-state index is 4.34. The van der Waals surface area contributed by atoms with E-state index in [-0.39, 0.29) is 0 Å². The van der Waals surface area contributed by atoms with E-state index in [9.17, 15) is 0 Å². The number of nitrogens with one attached hydrogen (secondary N) is 1. The second-order valence-corrected chi connectivity index (χ2v) is 4.45. The van der Waals surface area contributed by atoms with E-state index in [1.54, 1.807) is 0 Å². The molecule has 10 heavy (non-hydrogen) atoms. The van der Waals surface area contributed by atoms with Crippen molar-refractivity contribution in [2.75, 3.05) is 25.4 Å². The van der Waals surface area contributed by atoms with Gasteiger partial charge in [-0.05, 0) is 0 Å². The first-order valence-electron chi connectivity index (χ1n) is 3.53. The van der Waals surface area contributed by atoms with Crippen molar-refractivity contribution in [1.29, 1.82) is 0 Å². The molecule has 1 radical (unpaired) electrons. The highest BCUT2D eigenvalue weighted by molar-refractivity contribution is 7.98. The molecule has 0 aromatic carbocycles. The fraction of sp³-hybridized carbons (Fsp3) is 0.833. The summed E-state index contributed by atoms with van der Waals surface area (Å²) in [6.45, 7) is 3.38. The minimum atomic E-state index is 0.607. The number of likely N-dealkylation sites (tertiary alicyclic amines) is 1. The van der Waals surface area contributed by atoms with E-state index in [2.05, 4.69) is 22.8 Å². The maximum Gasteiger partial charge on any atom is 0.112 e. The Morgan fingerprint density at radius 3 is 2.90 bits per heavy atom. The van der Waals surface area contributed by atoms with Crippen LogP contribution in [-0.2, 0) is 0 Å². The molecule has 1 fully saturated rings. The van der Waals surface area contributed by atoms with Gasteiger partial charge in [-0.3, -0.25) is 10.2 Å². The molecule has 2 aliphatic heterocycles. The topological polar surface area (TPSA) is 15.3 Å². The Kier molecular flexibility index (Phi) is 1.95. The Balaban J connectivity index is 1.89. The fourth-order valence-corrected chi connectivity index (χ4v) is 2.51. The Morgan fingerprint density at radius 2 is 2.40 bits per heavy atom. The van der Waals surface area contributed by atoms with Crippen LogP contribution < -0.4 is 5.32 Å². The van der Waals surface area contributed by atoms with Crippen molar-refractivity contribution in [3.63, 3.8) is 0 Å². The lowest BCUT2D eigenvalue weighted by atomic mass is 10.2. The number of hydrogen-bond acceptors (Lipinski definition) is 3. The SMILES string of the molecule is SC1CN(C2=[S]CCN2)C1. The first-order chi connectivity index (χ1) is 4.86. The van der Waals surface area contributed by atoms with Crippen molar-refractivity contribution in [2.45, 2.75) is 5.25 Å². The first-order valence-corrected chi connectivity index (χ1v) is 5.03. The van der Waals surface area contributed by atoms with Gasteiger partial charge in [-0.25, -0.2) is 0 Å². The average molecular weight is 175 g/mol. The van der Waals surface area contributed by atoms with Crippen molar-refractivity contribution >= 4 is 29.1 Å². The molecule has 2 aliphatic rings. The van der Waals surface area contributed by atoms with Gasteiger partial charge >= 0.3 is 0 Å². The van der Waals surface area contributed by atoms with Crippen LogP contribution in [0.2, 0.25) is 0 Å². The zero-order valence-corrected chi connectivity index (χ0v) is 7.42. The molecule has 0 spiro atoms. The molecule has 0 saturated carbocycles. The van der Waals surface area contributed by atoms with Crippen LogP contribution >= 0.6 is 24.0 Å². The third-order valence-corrected chi connectivity index (χ3v) is 3.18. The quantitative estimate of drug-likeness (QED) is 0.399. The first kappa shape index (κ1) is 7.03. The zero-order chi connectivity index (χ0) is 6.97. The van der Waals surface area contributed by atoms with E-state index in [0.29, 0.717) is 5.25 Å². The van der Waals surface area contributed by atoms with Gasteiger partial charge in [-0.2, -0.15) is 12.6 Å². The Morgan fingerprint density at radius 1 is 1.60 bits per heavy atom. The van der Waals surface area contributed by atoms with Crippen LogP contribution in [0.3, 0.4) is 0 Å². The van der Waals surface area contributed by atoms with Gasteiger partial charge < -0.3 is 0 Å². The molecule has 2 heterocycles. The summed E-state index contributed by atoms with van der Waals surface area (Å²) in [6, 6.07) is 0. The normalized spacial score (nSPS) is 28.3. The van der Waals surface area contributed by atoms with Crippen molar-refractivity contribution in [3.05, 3.63) is 0 Å². The fourth-order valence-electron chi connectivity index (χ4n) is 1.18. The highest BCUT2D eigenvalue weighted by Crippen LogP contribution is 2.15. The second kappa shape index (κ2) is 2.77. The molecule has 2 nitrogen and oxygen atoms in total. The lowest BCUT2D eigenvalue weighted by Gasteiger charge is -2.36. The predicted molar refractivity (Wildman–Crippen MR) is 49.8 cm³/mol. The monoisotopic (exact) mass is 175 g/mol. The summed E-state index contributed by atoms with van der Waals surface area (Å²) in [5.74, 6) is 1.23. The number of thiol groups is 1. The van der Waals surface area contributed by atoms with E-state index in [1.165, 1.54) is 10.9 Å². The molecule has 4 heteroatoms. The number of hydrogen-bond donors (Lipinski definition) is 2. The van der Waals surface area contributed by atoms with E-state index in [4.69, 9.17) is 0 Å². The molecule has 1 saturated heterocycles. The molecule has 0 unspecified atom stereocenters. The molecule has 0 aromatic heterocycles. The zero-order valence-electron chi connectivity index (χ0n) is 5.71. The number of rotatable bonds is 0. The van der Waals surface area contributed by atoms with E-state index < -0.39 is 0 Å². The molecule has 0 atom stereocenters. The van der Waals surface area contributed by atoms with Gasteiger partial charge in [0.1, 0.15) is 5.11 Å². The minimum absolute atomic E-state index is 0.607. The molecular formula is C6H11N2S2. The van der Waals surface area contributed by atoms with E-state index >= 15 is 0 Å². The maximum absolute atomic E-state index is 4.34. The summed E-state index contributed by atoms with van der Waals surface area (Å²) in [6.07, 6.45) is 0. The van der Waals surface area contributed by atoms with Crippen LogP contribution in [0.1, 0.15) is 0 Å². The van der Waals surface area contributed by atoms with E-state index in [1.807, 2.05) is 11.4 Å². The molecule has 2 rings (SSSR count). The minimum Gasteiger partial charge on any atom is -0.270 e. The molecule has 0 aliphatic carbocycles. The highest BCUT2D eigenvalue weighted by Gasteiger charge is 2.27. The van der Waals surface area contributed by atoms with Crippen molar-refractivity contribution in [3.8, 4) is 0 Å². The summed E-state index contributed by atoms with van der Waals surface area (Å²) >= 11 is 6.27. The third-order valence-electron chi connectivity index (χ3n) is 1.77. The summed E-state index contributed by atoms with van der Waals surface area (Å²) in [5.41, 5.74) is 0. The summed E-state index contributed by atoms with van der Waals surface area (Å²) in [7, 11) is 0. The van der Waals surface area contributed by atoms with Crippen molar-refractivity contribution in [1.82, 2.24) is 10.2 Å². The van der Waals surface area contributed by atoms with Crippen LogP contribution in [0, 0.1) is 0 Å². The highest BCUT2D eigenvalue weighted by atomic mass is 32.1. The van der Waals surface area contributed by atoms with Gasteiger partial charge in [0.25, 0.3) is 0 Å². The van der Waals surface area contributed by atoms with Gasteiger partial charge in [-0.15, -0.1) is 11.4 Å². The Labute approximate surface area is 70.3 Å². The summed E-state index contributed by atoms with van der Waals surface area (Å²) < 4.78 is 0. The Bertz CT molecular complexity index is 163. The van der Waals surface area contributed by atoms with Crippen LogP contribution in [0.25, 0.3) is 0 Å². The van der Waals surface area contributed by atoms with Crippen LogP contribution in [-0.4, -0.2) is 40.6 Å². The largest absolute Gasteiger partial charge is 0.270 e. The van der Waals surface area contributed by atoms with E-state index in [0.717, 1.165) is 19.6 Å².